The summed E-state index contributed by atoms with van der Waals surface area (Å²) in [5, 5.41) is 8.52. The smallest absolute Gasteiger partial charge is 0.213 e. The van der Waals surface area contributed by atoms with Crippen molar-refractivity contribution in [2.75, 3.05) is 7.05 Å². The highest BCUT2D eigenvalue weighted by Gasteiger charge is 2.19. The number of thiophene rings is 1. The Balaban J connectivity index is 1.84. The van der Waals surface area contributed by atoms with Gasteiger partial charge in [0.05, 0.1) is 19.3 Å². The lowest BCUT2D eigenvalue weighted by molar-refractivity contribution is 0.379. The molecule has 0 saturated heterocycles. The maximum absolute atomic E-state index is 5.74. The molecule has 0 aliphatic heterocycles. The summed E-state index contributed by atoms with van der Waals surface area (Å²) in [7, 11) is 1.75. The summed E-state index contributed by atoms with van der Waals surface area (Å²) in [4.78, 5) is 9.74. The predicted molar refractivity (Wildman–Crippen MR) is 86.6 cm³/mol. The maximum Gasteiger partial charge on any atom is 0.213 e. The Kier molecular flexibility index (Phi) is 5.01. The van der Waals surface area contributed by atoms with Gasteiger partial charge in [0, 0.05) is 17.3 Å². The molecule has 6 heteroatoms. The molecule has 0 aromatic carbocycles. The van der Waals surface area contributed by atoms with Gasteiger partial charge in [-0.1, -0.05) is 26.8 Å². The van der Waals surface area contributed by atoms with E-state index in [0.717, 1.165) is 18.3 Å². The molecule has 2 N–H and O–H groups in total. The molecule has 0 spiro atoms. The minimum atomic E-state index is -0.0235. The van der Waals surface area contributed by atoms with Crippen LogP contribution in [0.15, 0.2) is 33.1 Å². The fraction of sp³-hybridized carbons (Fsp3) is 0.467. The fourth-order valence-electron chi connectivity index (χ4n) is 1.70. The van der Waals surface area contributed by atoms with Gasteiger partial charge >= 0.3 is 0 Å². The van der Waals surface area contributed by atoms with Crippen molar-refractivity contribution in [3.05, 3.63) is 40.2 Å². The van der Waals surface area contributed by atoms with Gasteiger partial charge in [-0.25, -0.2) is 4.98 Å². The summed E-state index contributed by atoms with van der Waals surface area (Å²) in [5.74, 6) is 2.29. The third kappa shape index (κ3) is 4.60. The van der Waals surface area contributed by atoms with E-state index in [2.05, 4.69) is 52.8 Å². The molecule has 2 aromatic rings. The van der Waals surface area contributed by atoms with Crippen LogP contribution in [0.4, 0.5) is 0 Å². The van der Waals surface area contributed by atoms with Crippen molar-refractivity contribution >= 4 is 17.3 Å². The van der Waals surface area contributed by atoms with Crippen LogP contribution in [0.25, 0.3) is 0 Å². The minimum Gasteiger partial charge on any atom is -0.443 e. The molecule has 0 aliphatic rings. The van der Waals surface area contributed by atoms with Crippen LogP contribution in [0.3, 0.4) is 0 Å². The van der Waals surface area contributed by atoms with E-state index in [-0.39, 0.29) is 5.41 Å². The summed E-state index contributed by atoms with van der Waals surface area (Å²) in [6, 6.07) is 4.13. The Morgan fingerprint density at radius 1 is 1.33 bits per heavy atom. The van der Waals surface area contributed by atoms with Crippen LogP contribution in [0.1, 0.15) is 37.3 Å². The molecule has 2 heterocycles. The average molecular weight is 306 g/mol. The van der Waals surface area contributed by atoms with Crippen molar-refractivity contribution in [2.24, 2.45) is 4.99 Å². The highest BCUT2D eigenvalue weighted by molar-refractivity contribution is 7.09. The molecule has 0 aliphatic carbocycles. The monoisotopic (exact) mass is 306 g/mol. The summed E-state index contributed by atoms with van der Waals surface area (Å²) in [6.07, 6.45) is 1.79. The van der Waals surface area contributed by atoms with E-state index in [0.29, 0.717) is 12.4 Å². The van der Waals surface area contributed by atoms with Gasteiger partial charge in [-0.3, -0.25) is 4.99 Å². The van der Waals surface area contributed by atoms with E-state index in [1.165, 1.54) is 4.88 Å². The third-order valence-electron chi connectivity index (χ3n) is 2.93. The van der Waals surface area contributed by atoms with Crippen molar-refractivity contribution in [1.82, 2.24) is 15.6 Å². The predicted octanol–water partition coefficient (Wildman–Crippen LogP) is 2.90. The second-order valence-corrected chi connectivity index (χ2v) is 6.76. The molecule has 0 amide bonds. The first-order chi connectivity index (χ1) is 9.99. The SMILES string of the molecule is CN=C(NCc1ncc(C(C)(C)C)o1)NCc1cccs1. The lowest BCUT2D eigenvalue weighted by atomic mass is 9.94. The number of rotatable bonds is 4. The molecular weight excluding hydrogens is 284 g/mol. The van der Waals surface area contributed by atoms with E-state index in [9.17, 15) is 0 Å². The summed E-state index contributed by atoms with van der Waals surface area (Å²) in [5.41, 5.74) is -0.0235. The molecular formula is C15H22N4OS. The maximum atomic E-state index is 5.74. The molecule has 0 unspecified atom stereocenters. The van der Waals surface area contributed by atoms with Crippen LogP contribution in [0, 0.1) is 0 Å². The number of hydrogen-bond donors (Lipinski definition) is 2. The number of guanidine groups is 1. The van der Waals surface area contributed by atoms with Crippen LogP contribution >= 0.6 is 11.3 Å². The van der Waals surface area contributed by atoms with Gasteiger partial charge < -0.3 is 15.1 Å². The van der Waals surface area contributed by atoms with Crippen molar-refractivity contribution in [3.8, 4) is 0 Å². The molecule has 0 fully saturated rings. The first kappa shape index (κ1) is 15.6. The number of hydrogen-bond acceptors (Lipinski definition) is 4. The van der Waals surface area contributed by atoms with Gasteiger partial charge in [-0.2, -0.15) is 0 Å². The Hall–Kier alpha value is -1.82. The molecule has 5 nitrogen and oxygen atoms in total. The molecule has 0 atom stereocenters. The quantitative estimate of drug-likeness (QED) is 0.673. The Morgan fingerprint density at radius 2 is 2.10 bits per heavy atom. The van der Waals surface area contributed by atoms with Crippen LogP contribution < -0.4 is 10.6 Å². The van der Waals surface area contributed by atoms with Crippen LogP contribution in [-0.4, -0.2) is 18.0 Å². The second-order valence-electron chi connectivity index (χ2n) is 5.73. The molecule has 21 heavy (non-hydrogen) atoms. The van der Waals surface area contributed by atoms with E-state index >= 15 is 0 Å². The zero-order chi connectivity index (χ0) is 15.3. The van der Waals surface area contributed by atoms with Crippen molar-refractivity contribution < 1.29 is 4.42 Å². The van der Waals surface area contributed by atoms with E-state index in [1.54, 1.807) is 24.6 Å². The number of aliphatic imine (C=N–C) groups is 1. The molecule has 0 bridgehead atoms. The average Bonchev–Trinajstić information content (AvgIpc) is 3.09. The van der Waals surface area contributed by atoms with E-state index in [1.807, 2.05) is 6.07 Å². The highest BCUT2D eigenvalue weighted by atomic mass is 32.1. The van der Waals surface area contributed by atoms with E-state index in [4.69, 9.17) is 4.42 Å². The van der Waals surface area contributed by atoms with Crippen molar-refractivity contribution in [2.45, 2.75) is 39.3 Å². The van der Waals surface area contributed by atoms with Gasteiger partial charge in [-0.15, -0.1) is 11.3 Å². The van der Waals surface area contributed by atoms with Crippen LogP contribution in [0.2, 0.25) is 0 Å². The molecule has 2 aromatic heterocycles. The number of oxazole rings is 1. The Bertz CT molecular complexity index is 581. The zero-order valence-corrected chi connectivity index (χ0v) is 13.8. The van der Waals surface area contributed by atoms with Crippen molar-refractivity contribution in [1.29, 1.82) is 0 Å². The van der Waals surface area contributed by atoms with Gasteiger partial charge in [0.1, 0.15) is 5.76 Å². The van der Waals surface area contributed by atoms with Crippen LogP contribution in [-0.2, 0) is 18.5 Å². The molecule has 0 saturated carbocycles. The largest absolute Gasteiger partial charge is 0.443 e. The van der Waals surface area contributed by atoms with Gasteiger partial charge in [-0.05, 0) is 11.4 Å². The Morgan fingerprint density at radius 3 is 2.67 bits per heavy atom. The number of aromatic nitrogens is 1. The third-order valence-corrected chi connectivity index (χ3v) is 3.81. The molecule has 0 radical (unpaired) electrons. The zero-order valence-electron chi connectivity index (χ0n) is 12.9. The standard InChI is InChI=1S/C15H22N4OS/c1-15(2,3)12-9-17-13(20-12)10-19-14(16-4)18-8-11-6-5-7-21-11/h5-7,9H,8,10H2,1-4H3,(H2,16,18,19). The number of nitrogens with one attached hydrogen (secondary N) is 2. The molecule has 2 rings (SSSR count). The normalized spacial score (nSPS) is 12.5. The summed E-state index contributed by atoms with van der Waals surface area (Å²) < 4.78 is 5.74. The minimum absolute atomic E-state index is 0.0235. The first-order valence-corrected chi connectivity index (χ1v) is 7.79. The topological polar surface area (TPSA) is 62.5 Å². The summed E-state index contributed by atoms with van der Waals surface area (Å²) >= 11 is 1.72. The second kappa shape index (κ2) is 6.76. The first-order valence-electron chi connectivity index (χ1n) is 6.91. The number of nitrogens with zero attached hydrogens (tertiary/aromatic N) is 2. The van der Waals surface area contributed by atoms with Gasteiger partial charge in [0.2, 0.25) is 5.89 Å². The molecule has 114 valence electrons. The van der Waals surface area contributed by atoms with E-state index < -0.39 is 0 Å². The fourth-order valence-corrected chi connectivity index (χ4v) is 2.35. The van der Waals surface area contributed by atoms with Crippen molar-refractivity contribution in [3.63, 3.8) is 0 Å². The lowest BCUT2D eigenvalue weighted by Crippen LogP contribution is -2.36. The lowest BCUT2D eigenvalue weighted by Gasteiger charge is -2.13. The van der Waals surface area contributed by atoms with Gasteiger partial charge in [0.25, 0.3) is 0 Å². The highest BCUT2D eigenvalue weighted by Crippen LogP contribution is 2.22. The van der Waals surface area contributed by atoms with Gasteiger partial charge in [0.15, 0.2) is 5.96 Å². The van der Waals surface area contributed by atoms with Crippen LogP contribution in [0.5, 0.6) is 0 Å². The summed E-state index contributed by atoms with van der Waals surface area (Å²) in [6.45, 7) is 7.58. The Labute approximate surface area is 129 Å².